The quantitative estimate of drug-likeness (QED) is 0.511. The molecule has 2 aromatic carbocycles. The number of aliphatic hydroxyl groups is 1. The van der Waals surface area contributed by atoms with Crippen LogP contribution in [0.4, 0.5) is 20.3 Å². The van der Waals surface area contributed by atoms with Crippen LogP contribution in [0.5, 0.6) is 5.75 Å². The average molecular weight is 420 g/mol. The number of hydrogen-bond acceptors (Lipinski definition) is 5. The van der Waals surface area contributed by atoms with Crippen molar-refractivity contribution in [3.8, 4) is 17.1 Å². The lowest BCUT2D eigenvalue weighted by Crippen LogP contribution is -2.43. The second-order valence-electron chi connectivity index (χ2n) is 7.19. The summed E-state index contributed by atoms with van der Waals surface area (Å²) in [5.41, 5.74) is 2.47. The molecule has 0 amide bonds. The Labute approximate surface area is 176 Å². The maximum atomic E-state index is 14.2. The zero-order valence-corrected chi connectivity index (χ0v) is 16.3. The summed E-state index contributed by atoms with van der Waals surface area (Å²) >= 11 is 0. The van der Waals surface area contributed by atoms with Gasteiger partial charge >= 0.3 is 0 Å². The molecule has 156 valence electrons. The molecule has 5 rings (SSSR count). The molecule has 4 aromatic rings. The lowest BCUT2D eigenvalue weighted by Gasteiger charge is -2.37. The summed E-state index contributed by atoms with van der Waals surface area (Å²) in [5, 5.41) is 9.93. The second kappa shape index (κ2) is 7.48. The molecule has 1 atom stereocenters. The molecule has 1 aliphatic rings. The topological polar surface area (TPSA) is 74.3 Å². The molecule has 6 nitrogen and oxygen atoms in total. The molecule has 8 heteroatoms. The van der Waals surface area contributed by atoms with Crippen LogP contribution >= 0.6 is 0 Å². The number of para-hydroxylation sites is 1. The summed E-state index contributed by atoms with van der Waals surface area (Å²) in [6.45, 7) is 3.82. The molecule has 2 N–H and O–H groups in total. The van der Waals surface area contributed by atoms with Gasteiger partial charge in [-0.25, -0.2) is 18.7 Å². The highest BCUT2D eigenvalue weighted by Gasteiger charge is 2.31. The van der Waals surface area contributed by atoms with Gasteiger partial charge in [-0.05, 0) is 35.9 Å². The average Bonchev–Trinajstić information content (AvgIpc) is 3.22. The van der Waals surface area contributed by atoms with Crippen molar-refractivity contribution >= 4 is 28.6 Å². The summed E-state index contributed by atoms with van der Waals surface area (Å²) in [7, 11) is 0. The van der Waals surface area contributed by atoms with E-state index in [9.17, 15) is 13.9 Å². The predicted octanol–water partition coefficient (Wildman–Crippen LogP) is 4.44. The minimum atomic E-state index is -0.739. The molecular weight excluding hydrogens is 402 g/mol. The van der Waals surface area contributed by atoms with Crippen molar-refractivity contribution in [3.63, 3.8) is 0 Å². The number of benzene rings is 2. The molecule has 1 unspecified atom stereocenters. The molecule has 0 radical (unpaired) electrons. The van der Waals surface area contributed by atoms with E-state index in [2.05, 4.69) is 21.5 Å². The predicted molar refractivity (Wildman–Crippen MR) is 114 cm³/mol. The number of hydrogen-bond donors (Lipinski definition) is 2. The first-order valence-electron chi connectivity index (χ1n) is 9.68. The van der Waals surface area contributed by atoms with Crippen molar-refractivity contribution in [1.29, 1.82) is 0 Å². The molecule has 2 aromatic heterocycles. The zero-order valence-electron chi connectivity index (χ0n) is 16.3. The van der Waals surface area contributed by atoms with Crippen LogP contribution in [0.1, 0.15) is 5.56 Å². The summed E-state index contributed by atoms with van der Waals surface area (Å²) in [6, 6.07) is 10.8. The van der Waals surface area contributed by atoms with Gasteiger partial charge in [0.2, 0.25) is 0 Å². The Morgan fingerprint density at radius 1 is 1.26 bits per heavy atom. The van der Waals surface area contributed by atoms with E-state index in [1.807, 2.05) is 29.2 Å². The number of H-pyrrole nitrogens is 1. The monoisotopic (exact) mass is 420 g/mol. The lowest BCUT2D eigenvalue weighted by molar-refractivity contribution is 0.195. The first kappa shape index (κ1) is 19.2. The van der Waals surface area contributed by atoms with Gasteiger partial charge in [0, 0.05) is 12.3 Å². The summed E-state index contributed by atoms with van der Waals surface area (Å²) in [6.07, 6.45) is 3.40. The van der Waals surface area contributed by atoms with Crippen LogP contribution in [0.3, 0.4) is 0 Å². The molecule has 0 fully saturated rings. The van der Waals surface area contributed by atoms with Crippen LogP contribution in [0.15, 0.2) is 55.2 Å². The fourth-order valence-electron chi connectivity index (χ4n) is 3.78. The van der Waals surface area contributed by atoms with Crippen LogP contribution in [-0.2, 0) is 0 Å². The third kappa shape index (κ3) is 3.21. The number of rotatable bonds is 4. The number of ether oxygens (including phenoxy) is 1. The second-order valence-corrected chi connectivity index (χ2v) is 7.19. The largest absolute Gasteiger partial charge is 0.488 e. The third-order valence-electron chi connectivity index (χ3n) is 5.26. The van der Waals surface area contributed by atoms with Crippen LogP contribution in [0.2, 0.25) is 0 Å². The van der Waals surface area contributed by atoms with Crippen molar-refractivity contribution in [2.45, 2.75) is 6.04 Å². The fourth-order valence-corrected chi connectivity index (χ4v) is 3.78. The van der Waals surface area contributed by atoms with E-state index in [0.717, 1.165) is 11.6 Å². The summed E-state index contributed by atoms with van der Waals surface area (Å²) in [4.78, 5) is 13.7. The van der Waals surface area contributed by atoms with Gasteiger partial charge in [0.1, 0.15) is 29.6 Å². The number of halogens is 2. The Hall–Kier alpha value is -3.78. The maximum absolute atomic E-state index is 14.2. The number of nitrogens with one attached hydrogen (secondary N) is 1. The third-order valence-corrected chi connectivity index (χ3v) is 5.26. The lowest BCUT2D eigenvalue weighted by atomic mass is 10.1. The van der Waals surface area contributed by atoms with Gasteiger partial charge in [-0.1, -0.05) is 18.7 Å². The highest BCUT2D eigenvalue weighted by atomic mass is 19.1. The minimum Gasteiger partial charge on any atom is -0.488 e. The first-order valence-corrected chi connectivity index (χ1v) is 9.68. The van der Waals surface area contributed by atoms with Crippen molar-refractivity contribution in [2.75, 3.05) is 18.1 Å². The van der Waals surface area contributed by atoms with E-state index in [4.69, 9.17) is 4.74 Å². The van der Waals surface area contributed by atoms with E-state index in [1.54, 1.807) is 18.3 Å². The molecule has 0 spiro atoms. The molecule has 3 heterocycles. The number of pyridine rings is 1. The number of aliphatic hydroxyl groups excluding tert-OH is 1. The number of imidazole rings is 1. The standard InChI is InChI=1S/C23H18F2N4O2/c1-2-13-6-7-20(26-10-13)29-15(11-30)12-31-22-16(4-3-5-19(22)29)23-27-18-9-14(24)8-17(25)21(18)28-23/h2-10,15,30H,1,11-12H2,(H,27,28). The van der Waals surface area contributed by atoms with E-state index in [0.29, 0.717) is 28.6 Å². The summed E-state index contributed by atoms with van der Waals surface area (Å²) < 4.78 is 33.7. The smallest absolute Gasteiger partial charge is 0.154 e. The number of anilines is 2. The number of aromatic amines is 1. The van der Waals surface area contributed by atoms with Crippen LogP contribution in [0.25, 0.3) is 28.5 Å². The Morgan fingerprint density at radius 3 is 2.87 bits per heavy atom. The van der Waals surface area contributed by atoms with E-state index in [1.165, 1.54) is 6.07 Å². The van der Waals surface area contributed by atoms with Crippen molar-refractivity contribution in [2.24, 2.45) is 0 Å². The SMILES string of the molecule is C=Cc1ccc(N2c3cccc(-c4nc5c(F)cc(F)cc5[nH]4)c3OCC2CO)nc1. The van der Waals surface area contributed by atoms with E-state index < -0.39 is 11.6 Å². The summed E-state index contributed by atoms with van der Waals surface area (Å²) in [5.74, 6) is 0.0914. The van der Waals surface area contributed by atoms with Gasteiger partial charge < -0.3 is 19.7 Å². The maximum Gasteiger partial charge on any atom is 0.154 e. The molecule has 0 saturated heterocycles. The molecule has 0 bridgehead atoms. The van der Waals surface area contributed by atoms with Crippen molar-refractivity contribution < 1.29 is 18.6 Å². The van der Waals surface area contributed by atoms with Gasteiger partial charge in [-0.3, -0.25) is 0 Å². The highest BCUT2D eigenvalue weighted by Crippen LogP contribution is 2.44. The first-order chi connectivity index (χ1) is 15.1. The Bertz CT molecular complexity index is 1290. The van der Waals surface area contributed by atoms with Crippen molar-refractivity contribution in [3.05, 3.63) is 72.4 Å². The number of aromatic nitrogens is 3. The van der Waals surface area contributed by atoms with Crippen LogP contribution in [-0.4, -0.2) is 39.3 Å². The van der Waals surface area contributed by atoms with Gasteiger partial charge in [-0.15, -0.1) is 0 Å². The van der Waals surface area contributed by atoms with Crippen LogP contribution in [0, 0.1) is 11.6 Å². The molecule has 0 saturated carbocycles. The van der Waals surface area contributed by atoms with E-state index in [-0.39, 0.29) is 30.3 Å². The number of fused-ring (bicyclic) bond motifs is 2. The van der Waals surface area contributed by atoms with Gasteiger partial charge in [0.25, 0.3) is 0 Å². The normalized spacial score (nSPS) is 15.6. The van der Waals surface area contributed by atoms with Gasteiger partial charge in [-0.2, -0.15) is 0 Å². The van der Waals surface area contributed by atoms with Crippen molar-refractivity contribution in [1.82, 2.24) is 15.0 Å². The Morgan fingerprint density at radius 2 is 2.13 bits per heavy atom. The molecule has 1 aliphatic heterocycles. The molecule has 0 aliphatic carbocycles. The number of nitrogens with zero attached hydrogens (tertiary/aromatic N) is 3. The minimum absolute atomic E-state index is 0.0524. The van der Waals surface area contributed by atoms with Crippen LogP contribution < -0.4 is 9.64 Å². The van der Waals surface area contributed by atoms with Gasteiger partial charge in [0.15, 0.2) is 11.6 Å². The Kier molecular flexibility index (Phi) is 4.63. The van der Waals surface area contributed by atoms with Gasteiger partial charge in [0.05, 0.1) is 29.4 Å². The molecular formula is C23H18F2N4O2. The zero-order chi connectivity index (χ0) is 21.5. The fraction of sp³-hybridized carbons (Fsp3) is 0.130. The molecule has 31 heavy (non-hydrogen) atoms. The Balaban J connectivity index is 1.65. The van der Waals surface area contributed by atoms with E-state index >= 15 is 0 Å². The highest BCUT2D eigenvalue weighted by molar-refractivity contribution is 5.85.